The molecule has 1 N–H and O–H groups in total. The molecule has 0 aromatic carbocycles. The van der Waals surface area contributed by atoms with Crippen LogP contribution in [0.2, 0.25) is 5.15 Å². The smallest absolute Gasteiger partial charge is 0.128 e. The van der Waals surface area contributed by atoms with Gasteiger partial charge in [0, 0.05) is 13.1 Å². The third kappa shape index (κ3) is 3.23. The summed E-state index contributed by atoms with van der Waals surface area (Å²) in [6.07, 6.45) is 8.40. The Morgan fingerprint density at radius 2 is 2.12 bits per heavy atom. The van der Waals surface area contributed by atoms with E-state index >= 15 is 0 Å². The molecule has 0 bridgehead atoms. The van der Waals surface area contributed by atoms with Crippen molar-refractivity contribution < 1.29 is 0 Å². The maximum absolute atomic E-state index is 5.96. The van der Waals surface area contributed by atoms with E-state index in [4.69, 9.17) is 11.6 Å². The quantitative estimate of drug-likeness (QED) is 0.896. The Balaban J connectivity index is 1.78. The van der Waals surface area contributed by atoms with Gasteiger partial charge in [0.05, 0.1) is 12.7 Å². The molecule has 1 aromatic rings. The number of rotatable bonds is 4. The fourth-order valence-corrected chi connectivity index (χ4v) is 2.75. The van der Waals surface area contributed by atoms with Crippen LogP contribution in [-0.2, 0) is 13.6 Å². The number of aromatic nitrogens is 2. The molecule has 1 aliphatic carbocycles. The predicted molar refractivity (Wildman–Crippen MR) is 71.1 cm³/mol. The molecule has 0 aliphatic heterocycles. The Bertz CT molecular complexity index is 354. The Morgan fingerprint density at radius 1 is 1.41 bits per heavy atom. The molecule has 3 nitrogen and oxygen atoms in total. The fraction of sp³-hybridized carbons (Fsp3) is 0.769. The van der Waals surface area contributed by atoms with Crippen molar-refractivity contribution in [3.8, 4) is 0 Å². The van der Waals surface area contributed by atoms with Crippen LogP contribution in [-0.4, -0.2) is 15.6 Å². The lowest BCUT2D eigenvalue weighted by atomic mass is 9.84. The van der Waals surface area contributed by atoms with Crippen molar-refractivity contribution in [2.24, 2.45) is 13.0 Å². The highest BCUT2D eigenvalue weighted by Crippen LogP contribution is 2.26. The molecule has 1 aliphatic rings. The monoisotopic (exact) mass is 255 g/mol. The molecular formula is C13H22ClN3. The lowest BCUT2D eigenvalue weighted by Gasteiger charge is -2.28. The lowest BCUT2D eigenvalue weighted by Crippen LogP contribution is -2.33. The van der Waals surface area contributed by atoms with Crippen LogP contribution < -0.4 is 5.32 Å². The zero-order valence-corrected chi connectivity index (χ0v) is 11.5. The van der Waals surface area contributed by atoms with Gasteiger partial charge >= 0.3 is 0 Å². The predicted octanol–water partition coefficient (Wildman–Crippen LogP) is 3.13. The summed E-state index contributed by atoms with van der Waals surface area (Å²) >= 11 is 5.96. The van der Waals surface area contributed by atoms with Crippen molar-refractivity contribution >= 4 is 11.6 Å². The van der Waals surface area contributed by atoms with Crippen molar-refractivity contribution in [2.45, 2.75) is 51.6 Å². The topological polar surface area (TPSA) is 29.9 Å². The maximum atomic E-state index is 5.96. The molecule has 4 heteroatoms. The Morgan fingerprint density at radius 3 is 2.65 bits per heavy atom. The average molecular weight is 256 g/mol. The molecule has 2 rings (SSSR count). The van der Waals surface area contributed by atoms with Crippen molar-refractivity contribution in [1.82, 2.24) is 14.9 Å². The third-order valence-electron chi connectivity index (χ3n) is 4.00. The van der Waals surface area contributed by atoms with Crippen LogP contribution in [0.3, 0.4) is 0 Å². The number of nitrogens with zero attached hydrogens (tertiary/aromatic N) is 2. The Kier molecular flexibility index (Phi) is 4.46. The molecule has 0 amide bonds. The van der Waals surface area contributed by atoms with Gasteiger partial charge in [-0.2, -0.15) is 0 Å². The average Bonchev–Trinajstić information content (AvgIpc) is 2.68. The maximum Gasteiger partial charge on any atom is 0.128 e. The summed E-state index contributed by atoms with van der Waals surface area (Å²) < 4.78 is 1.94. The van der Waals surface area contributed by atoms with Gasteiger partial charge in [-0.1, -0.05) is 24.9 Å². The molecule has 0 unspecified atom stereocenters. The molecule has 1 fully saturated rings. The van der Waals surface area contributed by atoms with Gasteiger partial charge in [-0.3, -0.25) is 0 Å². The van der Waals surface area contributed by atoms with Gasteiger partial charge in [0.2, 0.25) is 0 Å². The Labute approximate surface area is 109 Å². The van der Waals surface area contributed by atoms with Gasteiger partial charge in [-0.05, 0) is 31.6 Å². The van der Waals surface area contributed by atoms with Crippen molar-refractivity contribution in [3.05, 3.63) is 17.2 Å². The first-order valence-corrected chi connectivity index (χ1v) is 6.98. The van der Waals surface area contributed by atoms with Crippen molar-refractivity contribution in [1.29, 1.82) is 0 Å². The van der Waals surface area contributed by atoms with Crippen LogP contribution in [0.4, 0.5) is 0 Å². The van der Waals surface area contributed by atoms with Crippen LogP contribution in [0.1, 0.15) is 44.9 Å². The number of hydrogen-bond acceptors (Lipinski definition) is 2. The van der Waals surface area contributed by atoms with Gasteiger partial charge in [-0.15, -0.1) is 0 Å². The lowest BCUT2D eigenvalue weighted by molar-refractivity contribution is 0.283. The van der Waals surface area contributed by atoms with Crippen LogP contribution in [0.15, 0.2) is 6.20 Å². The highest BCUT2D eigenvalue weighted by Gasteiger charge is 2.19. The van der Waals surface area contributed by atoms with Gasteiger partial charge in [0.25, 0.3) is 0 Å². The second-order valence-electron chi connectivity index (χ2n) is 5.06. The minimum Gasteiger partial charge on any atom is -0.321 e. The van der Waals surface area contributed by atoms with E-state index in [0.717, 1.165) is 18.3 Å². The number of hydrogen-bond donors (Lipinski definition) is 1. The fourth-order valence-electron chi connectivity index (χ4n) is 2.60. The second-order valence-corrected chi connectivity index (χ2v) is 5.45. The zero-order valence-electron chi connectivity index (χ0n) is 10.7. The van der Waals surface area contributed by atoms with Gasteiger partial charge in [0.1, 0.15) is 11.0 Å². The van der Waals surface area contributed by atoms with E-state index in [1.54, 1.807) is 6.20 Å². The Hall–Kier alpha value is -0.540. The molecule has 0 spiro atoms. The standard InChI is InChI=1S/C13H22ClN3/c1-3-10-4-6-11(7-5-10)15-9-13-16-8-12(14)17(13)2/h8,10-11,15H,3-7,9H2,1-2H3. The zero-order chi connectivity index (χ0) is 12.3. The SMILES string of the molecule is CCC1CCC(NCc2ncc(Cl)n2C)CC1. The third-order valence-corrected chi connectivity index (χ3v) is 4.35. The first-order valence-electron chi connectivity index (χ1n) is 6.60. The van der Waals surface area contributed by atoms with Crippen LogP contribution >= 0.6 is 11.6 Å². The summed E-state index contributed by atoms with van der Waals surface area (Å²) in [7, 11) is 1.96. The molecule has 1 heterocycles. The molecular weight excluding hydrogens is 234 g/mol. The first-order chi connectivity index (χ1) is 8.20. The van der Waals surface area contributed by atoms with Crippen molar-refractivity contribution in [2.75, 3.05) is 0 Å². The minimum absolute atomic E-state index is 0.660. The molecule has 1 saturated carbocycles. The summed E-state index contributed by atoms with van der Waals surface area (Å²) in [4.78, 5) is 4.30. The molecule has 1 aromatic heterocycles. The highest BCUT2D eigenvalue weighted by molar-refractivity contribution is 6.29. The number of nitrogens with one attached hydrogen (secondary N) is 1. The van der Waals surface area contributed by atoms with Gasteiger partial charge in [0.15, 0.2) is 0 Å². The van der Waals surface area contributed by atoms with E-state index in [-0.39, 0.29) is 0 Å². The summed E-state index contributed by atoms with van der Waals surface area (Å²) in [6, 6.07) is 0.660. The van der Waals surface area contributed by atoms with Crippen molar-refractivity contribution in [3.63, 3.8) is 0 Å². The number of imidazole rings is 1. The molecule has 96 valence electrons. The highest BCUT2D eigenvalue weighted by atomic mass is 35.5. The van der Waals surface area contributed by atoms with E-state index in [0.29, 0.717) is 11.2 Å². The van der Waals surface area contributed by atoms with Crippen LogP contribution in [0.25, 0.3) is 0 Å². The summed E-state index contributed by atoms with van der Waals surface area (Å²) in [5.74, 6) is 1.98. The van der Waals surface area contributed by atoms with E-state index in [9.17, 15) is 0 Å². The molecule has 0 radical (unpaired) electrons. The molecule has 0 atom stereocenters. The minimum atomic E-state index is 0.660. The van der Waals surface area contributed by atoms with Crippen LogP contribution in [0.5, 0.6) is 0 Å². The first kappa shape index (κ1) is 12.9. The normalized spacial score (nSPS) is 25.1. The van der Waals surface area contributed by atoms with Crippen LogP contribution in [0, 0.1) is 5.92 Å². The number of halogens is 1. The van der Waals surface area contributed by atoms with E-state index in [1.165, 1.54) is 32.1 Å². The summed E-state index contributed by atoms with van der Waals surface area (Å²) in [5.41, 5.74) is 0. The molecule has 0 saturated heterocycles. The van der Waals surface area contributed by atoms with E-state index < -0.39 is 0 Å². The van der Waals surface area contributed by atoms with E-state index in [2.05, 4.69) is 17.2 Å². The van der Waals surface area contributed by atoms with Gasteiger partial charge in [-0.25, -0.2) is 4.98 Å². The largest absolute Gasteiger partial charge is 0.321 e. The summed E-state index contributed by atoms with van der Waals surface area (Å²) in [5, 5.41) is 4.30. The van der Waals surface area contributed by atoms with Gasteiger partial charge < -0.3 is 9.88 Å². The molecule has 17 heavy (non-hydrogen) atoms. The second kappa shape index (κ2) is 5.87. The summed E-state index contributed by atoms with van der Waals surface area (Å²) in [6.45, 7) is 3.12. The van der Waals surface area contributed by atoms with E-state index in [1.807, 2.05) is 11.6 Å².